The Morgan fingerprint density at radius 1 is 0.962 bits per heavy atom. The number of nitrogens with one attached hydrogen (secondary N) is 1. The molecule has 1 aromatic carbocycles. The first-order chi connectivity index (χ1) is 24.2. The van der Waals surface area contributed by atoms with Crippen molar-refractivity contribution in [2.24, 2.45) is 56.2 Å². The molecular weight excluding hydrogens is 674 g/mol. The Morgan fingerprint density at radius 3 is 2.31 bits per heavy atom. The van der Waals surface area contributed by atoms with Crippen molar-refractivity contribution in [1.82, 2.24) is 5.32 Å². The average molecular weight is 738 g/mol. The molecule has 9 atom stereocenters. The van der Waals surface area contributed by atoms with Crippen molar-refractivity contribution < 1.29 is 29.3 Å². The van der Waals surface area contributed by atoms with Crippen LogP contribution in [0, 0.1) is 56.2 Å². The Kier molecular flexibility index (Phi) is 10.3. The molecule has 0 radical (unpaired) electrons. The molecule has 6 rings (SSSR count). The maximum absolute atomic E-state index is 14.0. The predicted octanol–water partition coefficient (Wildman–Crippen LogP) is 9.18. The lowest BCUT2D eigenvalue weighted by Gasteiger charge is -2.72. The van der Waals surface area contributed by atoms with Gasteiger partial charge in [-0.1, -0.05) is 83.8 Å². The second-order valence-corrected chi connectivity index (χ2v) is 20.2. The fourth-order valence-corrected chi connectivity index (χ4v) is 13.3. The number of carbonyl (C=O) groups excluding carboxylic acids is 2. The molecule has 7 nitrogen and oxygen atoms in total. The number of esters is 1. The number of hydrogen-bond acceptors (Lipinski definition) is 6. The Bertz CT molecular complexity index is 1630. The fourth-order valence-electron chi connectivity index (χ4n) is 13.1. The molecule has 4 fully saturated rings. The van der Waals surface area contributed by atoms with Gasteiger partial charge in [0.1, 0.15) is 6.10 Å². The summed E-state index contributed by atoms with van der Waals surface area (Å²) in [6.45, 7) is 20.6. The number of halogens is 1. The van der Waals surface area contributed by atoms with E-state index in [4.69, 9.17) is 16.3 Å². The van der Waals surface area contributed by atoms with Crippen LogP contribution in [0.3, 0.4) is 0 Å². The monoisotopic (exact) mass is 737 g/mol. The lowest BCUT2D eigenvalue weighted by molar-refractivity contribution is -0.235. The molecule has 1 aromatic rings. The van der Waals surface area contributed by atoms with Crippen LogP contribution in [0.1, 0.15) is 132 Å². The van der Waals surface area contributed by atoms with Gasteiger partial charge in [0, 0.05) is 35.4 Å². The summed E-state index contributed by atoms with van der Waals surface area (Å²) in [5, 5.41) is 26.0. The summed E-state index contributed by atoms with van der Waals surface area (Å²) in [6, 6.07) is 7.79. The van der Waals surface area contributed by atoms with Crippen LogP contribution in [0.5, 0.6) is 0 Å². The average Bonchev–Trinajstić information content (AvgIpc) is 3.36. The third-order valence-corrected chi connectivity index (χ3v) is 16.5. The number of hydrogen-bond donors (Lipinski definition) is 3. The van der Waals surface area contributed by atoms with Crippen LogP contribution >= 0.6 is 11.6 Å². The zero-order valence-electron chi connectivity index (χ0n) is 33.2. The number of carboxylic acids is 1. The molecule has 0 unspecified atom stereocenters. The number of ether oxygens (including phenoxy) is 1. The third-order valence-electron chi connectivity index (χ3n) is 16.1. The Balaban J connectivity index is 1.26. The summed E-state index contributed by atoms with van der Waals surface area (Å²) in [6.07, 6.45) is 7.11. The van der Waals surface area contributed by atoms with E-state index in [-0.39, 0.29) is 51.8 Å². The smallest absolute Gasteiger partial charge is 0.309 e. The number of carboxylic acid groups (broad SMARTS) is 1. The lowest BCUT2D eigenvalue weighted by atomic mass is 9.33. The molecular formula is C44H64ClNO6. The zero-order valence-corrected chi connectivity index (χ0v) is 33.9. The van der Waals surface area contributed by atoms with E-state index in [2.05, 4.69) is 53.8 Å². The van der Waals surface area contributed by atoms with E-state index in [1.165, 1.54) is 5.57 Å². The molecule has 3 N–H and O–H groups in total. The van der Waals surface area contributed by atoms with Crippen molar-refractivity contribution in [3.8, 4) is 0 Å². The minimum absolute atomic E-state index is 0.0198. The van der Waals surface area contributed by atoms with Crippen LogP contribution in [-0.4, -0.2) is 46.7 Å². The maximum atomic E-state index is 14.0. The number of aliphatic hydroxyl groups is 1. The first kappa shape index (κ1) is 39.5. The molecule has 52 heavy (non-hydrogen) atoms. The molecule has 0 aromatic heterocycles. The standard InChI is InChI=1S/C44H64ClNO6/c1-26(2)36-30(47)22-44(33(48)25-46-24-27-12-10-11-13-29(27)45)21-20-42(8)28(37(36)44)14-15-32-41(7)18-17-34(52-35(49)23-39(3,4)38(50)51)40(5,6)31(41)16-19-43(32,42)9/h10-13,26,28,31-34,46,48H,14-25H2,1-9H3,(H,50,51)/t28-,31+,32-,33+,34+,41+,42-,43-,44-/m1/s1. The van der Waals surface area contributed by atoms with Gasteiger partial charge in [-0.15, -0.1) is 0 Å². The first-order valence-corrected chi connectivity index (χ1v) is 20.4. The zero-order chi connectivity index (χ0) is 38.2. The van der Waals surface area contributed by atoms with E-state index in [0.717, 1.165) is 62.5 Å². The second-order valence-electron chi connectivity index (χ2n) is 19.8. The van der Waals surface area contributed by atoms with E-state index in [9.17, 15) is 24.6 Å². The highest BCUT2D eigenvalue weighted by molar-refractivity contribution is 6.31. The van der Waals surface area contributed by atoms with E-state index in [0.29, 0.717) is 36.4 Å². The van der Waals surface area contributed by atoms with E-state index < -0.39 is 28.9 Å². The first-order valence-electron chi connectivity index (χ1n) is 20.0. The Morgan fingerprint density at radius 2 is 1.65 bits per heavy atom. The van der Waals surface area contributed by atoms with Crippen LogP contribution in [-0.2, 0) is 25.7 Å². The van der Waals surface area contributed by atoms with Crippen molar-refractivity contribution in [3.63, 3.8) is 0 Å². The van der Waals surface area contributed by atoms with E-state index >= 15 is 0 Å². The molecule has 288 valence electrons. The Hall–Kier alpha value is -2.22. The number of rotatable bonds is 10. The van der Waals surface area contributed by atoms with Gasteiger partial charge in [0.25, 0.3) is 0 Å². The number of Topliss-reactive ketones (excluding diaryl/α,β-unsaturated/α-hetero) is 1. The molecule has 5 aliphatic carbocycles. The lowest BCUT2D eigenvalue weighted by Crippen LogP contribution is -2.66. The van der Waals surface area contributed by atoms with Gasteiger partial charge in [-0.3, -0.25) is 14.4 Å². The highest BCUT2D eigenvalue weighted by atomic mass is 35.5. The molecule has 0 amide bonds. The third kappa shape index (κ3) is 6.02. The highest BCUT2D eigenvalue weighted by Crippen LogP contribution is 2.77. The van der Waals surface area contributed by atoms with Gasteiger partial charge >= 0.3 is 11.9 Å². The van der Waals surface area contributed by atoms with Gasteiger partial charge < -0.3 is 20.3 Å². The van der Waals surface area contributed by atoms with E-state index in [1.807, 2.05) is 24.3 Å². The molecule has 0 aliphatic heterocycles. The molecule has 8 heteroatoms. The summed E-state index contributed by atoms with van der Waals surface area (Å²) in [5.41, 5.74) is 1.39. The largest absolute Gasteiger partial charge is 0.481 e. The van der Waals surface area contributed by atoms with Crippen molar-refractivity contribution in [2.75, 3.05) is 6.54 Å². The van der Waals surface area contributed by atoms with Crippen LogP contribution in [0.4, 0.5) is 0 Å². The fraction of sp³-hybridized carbons (Fsp3) is 0.750. The van der Waals surface area contributed by atoms with Crippen LogP contribution < -0.4 is 5.32 Å². The number of benzene rings is 1. The summed E-state index contributed by atoms with van der Waals surface area (Å²) in [5.74, 6) is 0.00892. The molecule has 4 saturated carbocycles. The maximum Gasteiger partial charge on any atom is 0.309 e. The number of carbonyl (C=O) groups is 3. The highest BCUT2D eigenvalue weighted by Gasteiger charge is 2.70. The van der Waals surface area contributed by atoms with Crippen molar-refractivity contribution in [1.29, 1.82) is 0 Å². The quantitative estimate of drug-likeness (QED) is 0.205. The molecule has 0 heterocycles. The van der Waals surface area contributed by atoms with Crippen LogP contribution in [0.15, 0.2) is 35.4 Å². The van der Waals surface area contributed by atoms with E-state index in [1.54, 1.807) is 13.8 Å². The number of allylic oxidation sites excluding steroid dienone is 1. The molecule has 0 bridgehead atoms. The number of aliphatic carboxylic acids is 1. The van der Waals surface area contributed by atoms with Gasteiger partial charge in [-0.05, 0) is 122 Å². The van der Waals surface area contributed by atoms with Gasteiger partial charge in [-0.25, -0.2) is 0 Å². The van der Waals surface area contributed by atoms with Crippen molar-refractivity contribution >= 4 is 29.3 Å². The minimum atomic E-state index is -1.17. The number of fused-ring (bicyclic) bond motifs is 7. The number of ketones is 1. The molecule has 0 saturated heterocycles. The predicted molar refractivity (Wildman–Crippen MR) is 205 cm³/mol. The normalized spacial score (nSPS) is 37.5. The summed E-state index contributed by atoms with van der Waals surface area (Å²) >= 11 is 6.44. The summed E-state index contributed by atoms with van der Waals surface area (Å²) in [7, 11) is 0. The van der Waals surface area contributed by atoms with Crippen molar-refractivity contribution in [3.05, 3.63) is 46.0 Å². The van der Waals surface area contributed by atoms with Gasteiger partial charge in [0.2, 0.25) is 0 Å². The second kappa shape index (κ2) is 13.5. The summed E-state index contributed by atoms with van der Waals surface area (Å²) in [4.78, 5) is 38.9. The number of aliphatic hydroxyl groups excluding tert-OH is 1. The molecule has 0 spiro atoms. The Labute approximate surface area is 317 Å². The topological polar surface area (TPSA) is 113 Å². The van der Waals surface area contributed by atoms with Crippen LogP contribution in [0.2, 0.25) is 5.02 Å². The van der Waals surface area contributed by atoms with Gasteiger partial charge in [0.15, 0.2) is 5.78 Å². The molecule has 5 aliphatic rings. The summed E-state index contributed by atoms with van der Waals surface area (Å²) < 4.78 is 6.16. The van der Waals surface area contributed by atoms with Gasteiger partial charge in [-0.2, -0.15) is 0 Å². The van der Waals surface area contributed by atoms with Gasteiger partial charge in [0.05, 0.1) is 17.9 Å². The van der Waals surface area contributed by atoms with Crippen molar-refractivity contribution in [2.45, 2.75) is 145 Å². The van der Waals surface area contributed by atoms with Crippen LogP contribution in [0.25, 0.3) is 0 Å². The minimum Gasteiger partial charge on any atom is -0.481 e. The SMILES string of the molecule is CC(C)C1=C2[C@H]3CC[C@@H]4[C@@]5(C)CC[C@H](OC(=O)CC(C)(C)C(=O)O)C(C)(C)[C@@H]5CC[C@@]4(C)[C@]3(C)CC[C@]2([C@@H](O)CNCc2ccccc2Cl)CC1=O.